The average molecular weight is 244 g/mol. The van der Waals surface area contributed by atoms with Gasteiger partial charge in [-0.1, -0.05) is 30.3 Å². The summed E-state index contributed by atoms with van der Waals surface area (Å²) in [6.07, 6.45) is 3.97. The van der Waals surface area contributed by atoms with Gasteiger partial charge in [0.05, 0.1) is 12.7 Å². The molecule has 0 saturated heterocycles. The molecular formula is C15H20N2O. The number of nitrogens with zero attached hydrogens (tertiary/aromatic N) is 1. The van der Waals surface area contributed by atoms with E-state index in [4.69, 9.17) is 4.42 Å². The summed E-state index contributed by atoms with van der Waals surface area (Å²) in [5.41, 5.74) is 1.39. The van der Waals surface area contributed by atoms with E-state index in [1.54, 1.807) is 6.20 Å². The van der Waals surface area contributed by atoms with Crippen LogP contribution in [0.3, 0.4) is 0 Å². The van der Waals surface area contributed by atoms with Crippen LogP contribution < -0.4 is 5.32 Å². The van der Waals surface area contributed by atoms with Crippen LogP contribution in [0.5, 0.6) is 0 Å². The first-order valence-electron chi connectivity index (χ1n) is 6.42. The third-order valence-corrected chi connectivity index (χ3v) is 2.98. The molecule has 0 aliphatic heterocycles. The van der Waals surface area contributed by atoms with E-state index in [1.807, 2.05) is 6.92 Å². The van der Waals surface area contributed by atoms with Crippen LogP contribution in [0.4, 0.5) is 0 Å². The van der Waals surface area contributed by atoms with Crippen LogP contribution in [0.2, 0.25) is 0 Å². The van der Waals surface area contributed by atoms with Crippen molar-refractivity contribution in [3.8, 4) is 0 Å². The molecule has 1 aromatic carbocycles. The van der Waals surface area contributed by atoms with E-state index in [-0.39, 0.29) is 0 Å². The standard InChI is InChI=1S/C15H20N2O/c1-12(8-9-14-6-4-3-5-7-14)16-11-15-17-10-13(2)18-15/h3-7,10,12,16H,8-9,11H2,1-2H3. The number of rotatable bonds is 6. The highest BCUT2D eigenvalue weighted by atomic mass is 16.4. The molecule has 3 heteroatoms. The van der Waals surface area contributed by atoms with Crippen LogP contribution in [0, 0.1) is 6.92 Å². The minimum absolute atomic E-state index is 0.456. The highest BCUT2D eigenvalue weighted by Crippen LogP contribution is 2.06. The average Bonchev–Trinajstić information content (AvgIpc) is 2.81. The van der Waals surface area contributed by atoms with E-state index in [1.165, 1.54) is 5.56 Å². The molecule has 0 aliphatic rings. The number of oxazole rings is 1. The van der Waals surface area contributed by atoms with Crippen molar-refractivity contribution in [1.82, 2.24) is 10.3 Å². The van der Waals surface area contributed by atoms with Gasteiger partial charge in [0.1, 0.15) is 5.76 Å². The Balaban J connectivity index is 1.71. The van der Waals surface area contributed by atoms with Crippen molar-refractivity contribution in [2.75, 3.05) is 0 Å². The van der Waals surface area contributed by atoms with E-state index in [0.717, 1.165) is 24.5 Å². The summed E-state index contributed by atoms with van der Waals surface area (Å²) in [5, 5.41) is 3.43. The van der Waals surface area contributed by atoms with E-state index < -0.39 is 0 Å². The Kier molecular flexibility index (Phi) is 4.53. The molecule has 1 N–H and O–H groups in total. The van der Waals surface area contributed by atoms with Crippen LogP contribution in [0.15, 0.2) is 40.9 Å². The van der Waals surface area contributed by atoms with Gasteiger partial charge in [-0.15, -0.1) is 0 Å². The van der Waals surface area contributed by atoms with Crippen LogP contribution in [-0.4, -0.2) is 11.0 Å². The largest absolute Gasteiger partial charge is 0.445 e. The predicted octanol–water partition coefficient (Wildman–Crippen LogP) is 3.09. The topological polar surface area (TPSA) is 38.1 Å². The molecule has 1 heterocycles. The number of benzene rings is 1. The molecule has 18 heavy (non-hydrogen) atoms. The zero-order chi connectivity index (χ0) is 12.8. The molecule has 2 rings (SSSR count). The lowest BCUT2D eigenvalue weighted by molar-refractivity contribution is 0.420. The van der Waals surface area contributed by atoms with Gasteiger partial charge in [-0.2, -0.15) is 0 Å². The summed E-state index contributed by atoms with van der Waals surface area (Å²) in [7, 11) is 0. The quantitative estimate of drug-likeness (QED) is 0.848. The molecular weight excluding hydrogens is 224 g/mol. The zero-order valence-electron chi connectivity index (χ0n) is 11.0. The molecule has 0 radical (unpaired) electrons. The summed E-state index contributed by atoms with van der Waals surface area (Å²) in [4.78, 5) is 4.18. The fourth-order valence-electron chi connectivity index (χ4n) is 1.87. The second kappa shape index (κ2) is 6.36. The van der Waals surface area contributed by atoms with Gasteiger partial charge in [-0.3, -0.25) is 0 Å². The van der Waals surface area contributed by atoms with Crippen LogP contribution in [-0.2, 0) is 13.0 Å². The first-order valence-corrected chi connectivity index (χ1v) is 6.42. The molecule has 2 aromatic rings. The maximum atomic E-state index is 5.42. The molecule has 0 amide bonds. The van der Waals surface area contributed by atoms with Crippen molar-refractivity contribution >= 4 is 0 Å². The summed E-state index contributed by atoms with van der Waals surface area (Å²) < 4.78 is 5.42. The van der Waals surface area contributed by atoms with Gasteiger partial charge in [0.2, 0.25) is 5.89 Å². The third kappa shape index (κ3) is 4.00. The maximum absolute atomic E-state index is 5.42. The molecule has 0 bridgehead atoms. The van der Waals surface area contributed by atoms with Gasteiger partial charge >= 0.3 is 0 Å². The van der Waals surface area contributed by atoms with Gasteiger partial charge < -0.3 is 9.73 Å². The zero-order valence-corrected chi connectivity index (χ0v) is 11.0. The molecule has 1 atom stereocenters. The van der Waals surface area contributed by atoms with Crippen LogP contribution >= 0.6 is 0 Å². The Hall–Kier alpha value is -1.61. The van der Waals surface area contributed by atoms with E-state index in [9.17, 15) is 0 Å². The van der Waals surface area contributed by atoms with Crippen molar-refractivity contribution in [2.45, 2.75) is 39.3 Å². The van der Waals surface area contributed by atoms with Crippen molar-refractivity contribution < 1.29 is 4.42 Å². The molecule has 96 valence electrons. The minimum atomic E-state index is 0.456. The van der Waals surface area contributed by atoms with Gasteiger partial charge in [0.25, 0.3) is 0 Å². The number of hydrogen-bond donors (Lipinski definition) is 1. The lowest BCUT2D eigenvalue weighted by Gasteiger charge is -2.12. The van der Waals surface area contributed by atoms with Gasteiger partial charge in [-0.25, -0.2) is 4.98 Å². The highest BCUT2D eigenvalue weighted by Gasteiger charge is 2.05. The smallest absolute Gasteiger partial charge is 0.208 e. The van der Waals surface area contributed by atoms with Gasteiger partial charge in [-0.05, 0) is 32.3 Å². The number of aromatic nitrogens is 1. The normalized spacial score (nSPS) is 12.6. The van der Waals surface area contributed by atoms with Crippen LogP contribution in [0.25, 0.3) is 0 Å². The maximum Gasteiger partial charge on any atom is 0.208 e. The number of aryl methyl sites for hydroxylation is 2. The Bertz CT molecular complexity index is 464. The Morgan fingerprint density at radius 3 is 2.72 bits per heavy atom. The van der Waals surface area contributed by atoms with E-state index >= 15 is 0 Å². The lowest BCUT2D eigenvalue weighted by atomic mass is 10.1. The SMILES string of the molecule is Cc1cnc(CNC(C)CCc2ccccc2)o1. The minimum Gasteiger partial charge on any atom is -0.445 e. The second-order valence-corrected chi connectivity index (χ2v) is 4.67. The summed E-state index contributed by atoms with van der Waals surface area (Å²) in [5.74, 6) is 1.63. The van der Waals surface area contributed by atoms with Crippen molar-refractivity contribution in [3.05, 3.63) is 53.7 Å². The first-order chi connectivity index (χ1) is 8.74. The Morgan fingerprint density at radius 2 is 2.06 bits per heavy atom. The Labute approximate surface area is 108 Å². The molecule has 1 aromatic heterocycles. The molecule has 1 unspecified atom stereocenters. The predicted molar refractivity (Wildman–Crippen MR) is 72.3 cm³/mol. The summed E-state index contributed by atoms with van der Waals surface area (Å²) in [6.45, 7) is 4.80. The monoisotopic (exact) mass is 244 g/mol. The molecule has 0 saturated carbocycles. The fourth-order valence-corrected chi connectivity index (χ4v) is 1.87. The van der Waals surface area contributed by atoms with Gasteiger partial charge in [0, 0.05) is 6.04 Å². The summed E-state index contributed by atoms with van der Waals surface area (Å²) >= 11 is 0. The second-order valence-electron chi connectivity index (χ2n) is 4.67. The van der Waals surface area contributed by atoms with Crippen LogP contribution in [0.1, 0.15) is 30.6 Å². The highest BCUT2D eigenvalue weighted by molar-refractivity contribution is 5.14. The molecule has 0 aliphatic carbocycles. The first kappa shape index (κ1) is 12.8. The third-order valence-electron chi connectivity index (χ3n) is 2.98. The lowest BCUT2D eigenvalue weighted by Crippen LogP contribution is -2.26. The number of hydrogen-bond acceptors (Lipinski definition) is 3. The summed E-state index contributed by atoms with van der Waals surface area (Å²) in [6, 6.07) is 11.0. The molecule has 3 nitrogen and oxygen atoms in total. The Morgan fingerprint density at radius 1 is 1.28 bits per heavy atom. The van der Waals surface area contributed by atoms with Crippen molar-refractivity contribution in [2.24, 2.45) is 0 Å². The van der Waals surface area contributed by atoms with Crippen molar-refractivity contribution in [1.29, 1.82) is 0 Å². The van der Waals surface area contributed by atoms with E-state index in [2.05, 4.69) is 47.6 Å². The molecule has 0 fully saturated rings. The van der Waals surface area contributed by atoms with Crippen molar-refractivity contribution in [3.63, 3.8) is 0 Å². The number of nitrogens with one attached hydrogen (secondary N) is 1. The van der Waals surface area contributed by atoms with Gasteiger partial charge in [0.15, 0.2) is 0 Å². The van der Waals surface area contributed by atoms with E-state index in [0.29, 0.717) is 12.6 Å². The fraction of sp³-hybridized carbons (Fsp3) is 0.400. The molecule has 0 spiro atoms.